The van der Waals surface area contributed by atoms with Crippen LogP contribution < -0.4 is 5.73 Å². The summed E-state index contributed by atoms with van der Waals surface area (Å²) in [4.78, 5) is 2.57. The van der Waals surface area contributed by atoms with E-state index in [1.54, 1.807) is 0 Å². The predicted octanol–water partition coefficient (Wildman–Crippen LogP) is 2.39. The second-order valence-corrected chi connectivity index (χ2v) is 6.28. The number of hydrogen-bond donors (Lipinski definition) is 1. The number of ether oxygens (including phenoxy) is 1. The third kappa shape index (κ3) is 2.89. The van der Waals surface area contributed by atoms with E-state index in [9.17, 15) is 0 Å². The summed E-state index contributed by atoms with van der Waals surface area (Å²) < 4.78 is 5.71. The quantitative estimate of drug-likeness (QED) is 0.837. The standard InChI is InChI=1S/C15H30N2O/c1-3-13-5-7-14(8-6-13)17(2)15(11-16)9-4-10-18-12-15/h13-14H,3-12,16H2,1-2H3. The van der Waals surface area contributed by atoms with Gasteiger partial charge in [-0.1, -0.05) is 13.3 Å². The average Bonchev–Trinajstić information content (AvgIpc) is 2.47. The molecule has 0 bridgehead atoms. The normalized spacial score (nSPS) is 38.0. The molecule has 2 rings (SSSR count). The van der Waals surface area contributed by atoms with Crippen LogP contribution in [0.5, 0.6) is 0 Å². The zero-order chi connectivity index (χ0) is 13.0. The fraction of sp³-hybridized carbons (Fsp3) is 1.00. The Hall–Kier alpha value is -0.120. The Morgan fingerprint density at radius 1 is 1.28 bits per heavy atom. The van der Waals surface area contributed by atoms with Crippen molar-refractivity contribution < 1.29 is 4.74 Å². The molecule has 106 valence electrons. The van der Waals surface area contributed by atoms with Crippen molar-refractivity contribution in [2.45, 2.75) is 63.5 Å². The Morgan fingerprint density at radius 2 is 2.00 bits per heavy atom. The van der Waals surface area contributed by atoms with Crippen LogP contribution in [0.1, 0.15) is 51.9 Å². The van der Waals surface area contributed by atoms with Crippen molar-refractivity contribution in [1.29, 1.82) is 0 Å². The lowest BCUT2D eigenvalue weighted by Gasteiger charge is -2.48. The minimum atomic E-state index is 0.113. The average molecular weight is 254 g/mol. The van der Waals surface area contributed by atoms with Crippen molar-refractivity contribution in [3.05, 3.63) is 0 Å². The Morgan fingerprint density at radius 3 is 2.50 bits per heavy atom. The second kappa shape index (κ2) is 6.36. The van der Waals surface area contributed by atoms with E-state index in [2.05, 4.69) is 18.9 Å². The zero-order valence-corrected chi connectivity index (χ0v) is 12.2. The maximum Gasteiger partial charge on any atom is 0.0662 e. The smallest absolute Gasteiger partial charge is 0.0662 e. The summed E-state index contributed by atoms with van der Waals surface area (Å²) >= 11 is 0. The molecule has 3 nitrogen and oxygen atoms in total. The molecule has 1 heterocycles. The molecule has 1 saturated heterocycles. The van der Waals surface area contributed by atoms with Gasteiger partial charge in [0.05, 0.1) is 12.1 Å². The van der Waals surface area contributed by atoms with Gasteiger partial charge >= 0.3 is 0 Å². The molecule has 2 fully saturated rings. The monoisotopic (exact) mass is 254 g/mol. The SMILES string of the molecule is CCC1CCC(N(C)C2(CN)CCCOC2)CC1. The van der Waals surface area contributed by atoms with Crippen LogP contribution >= 0.6 is 0 Å². The van der Waals surface area contributed by atoms with Gasteiger partial charge in [-0.3, -0.25) is 4.90 Å². The van der Waals surface area contributed by atoms with Gasteiger partial charge in [0.1, 0.15) is 0 Å². The Labute approximate surface area is 112 Å². The van der Waals surface area contributed by atoms with E-state index in [0.29, 0.717) is 0 Å². The first-order valence-corrected chi connectivity index (χ1v) is 7.72. The largest absolute Gasteiger partial charge is 0.379 e. The predicted molar refractivity (Wildman–Crippen MR) is 75.6 cm³/mol. The molecule has 0 amide bonds. The molecule has 18 heavy (non-hydrogen) atoms. The highest BCUT2D eigenvalue weighted by Gasteiger charge is 2.39. The highest BCUT2D eigenvalue weighted by atomic mass is 16.5. The number of rotatable bonds is 4. The number of nitrogens with zero attached hydrogens (tertiary/aromatic N) is 1. The maximum atomic E-state index is 6.08. The van der Waals surface area contributed by atoms with E-state index < -0.39 is 0 Å². The Bertz CT molecular complexity index is 243. The van der Waals surface area contributed by atoms with Crippen LogP contribution in [-0.4, -0.2) is 43.3 Å². The van der Waals surface area contributed by atoms with E-state index in [1.165, 1.54) is 38.5 Å². The molecule has 0 aromatic heterocycles. The lowest BCUT2D eigenvalue weighted by molar-refractivity contribution is -0.0583. The maximum absolute atomic E-state index is 6.08. The van der Waals surface area contributed by atoms with Crippen molar-refractivity contribution in [3.63, 3.8) is 0 Å². The molecule has 1 unspecified atom stereocenters. The summed E-state index contributed by atoms with van der Waals surface area (Å²) in [5.74, 6) is 0.964. The van der Waals surface area contributed by atoms with Gasteiger partial charge in [0.2, 0.25) is 0 Å². The fourth-order valence-corrected chi connectivity index (χ4v) is 3.75. The summed E-state index contributed by atoms with van der Waals surface area (Å²) in [6, 6.07) is 0.720. The first-order valence-electron chi connectivity index (χ1n) is 7.72. The van der Waals surface area contributed by atoms with E-state index in [0.717, 1.165) is 38.1 Å². The van der Waals surface area contributed by atoms with Crippen LogP contribution in [0, 0.1) is 5.92 Å². The van der Waals surface area contributed by atoms with Crippen molar-refractivity contribution in [2.75, 3.05) is 26.8 Å². The van der Waals surface area contributed by atoms with Gasteiger partial charge in [-0.2, -0.15) is 0 Å². The van der Waals surface area contributed by atoms with Crippen molar-refractivity contribution in [3.8, 4) is 0 Å². The molecule has 2 N–H and O–H groups in total. The molecular formula is C15H30N2O. The molecule has 1 saturated carbocycles. The molecule has 0 spiro atoms. The highest BCUT2D eigenvalue weighted by molar-refractivity contribution is 4.96. The highest BCUT2D eigenvalue weighted by Crippen LogP contribution is 2.34. The lowest BCUT2D eigenvalue weighted by Crippen LogP contribution is -2.60. The van der Waals surface area contributed by atoms with Crippen LogP contribution in [0.25, 0.3) is 0 Å². The molecule has 1 aliphatic heterocycles. The van der Waals surface area contributed by atoms with E-state index in [4.69, 9.17) is 10.5 Å². The molecule has 1 aliphatic carbocycles. The van der Waals surface area contributed by atoms with Gasteiger partial charge in [-0.15, -0.1) is 0 Å². The third-order valence-corrected chi connectivity index (χ3v) is 5.37. The van der Waals surface area contributed by atoms with Crippen LogP contribution in [-0.2, 0) is 4.74 Å². The minimum absolute atomic E-state index is 0.113. The first-order chi connectivity index (χ1) is 8.72. The molecule has 1 atom stereocenters. The summed E-state index contributed by atoms with van der Waals surface area (Å²) in [5.41, 5.74) is 6.19. The fourth-order valence-electron chi connectivity index (χ4n) is 3.75. The van der Waals surface area contributed by atoms with Crippen molar-refractivity contribution >= 4 is 0 Å². The molecule has 0 aromatic rings. The summed E-state index contributed by atoms with van der Waals surface area (Å²) in [7, 11) is 2.28. The molecule has 0 radical (unpaired) electrons. The molecule has 3 heteroatoms. The zero-order valence-electron chi connectivity index (χ0n) is 12.2. The summed E-state index contributed by atoms with van der Waals surface area (Å²) in [6.45, 7) is 4.80. The van der Waals surface area contributed by atoms with E-state index in [1.807, 2.05) is 0 Å². The Kier molecular flexibility index (Phi) is 5.05. The van der Waals surface area contributed by atoms with E-state index >= 15 is 0 Å². The summed E-state index contributed by atoms with van der Waals surface area (Å²) in [6.07, 6.45) is 9.19. The van der Waals surface area contributed by atoms with Crippen LogP contribution in [0.2, 0.25) is 0 Å². The van der Waals surface area contributed by atoms with Gasteiger partial charge in [-0.05, 0) is 51.5 Å². The third-order valence-electron chi connectivity index (χ3n) is 5.37. The number of nitrogens with two attached hydrogens (primary N) is 1. The van der Waals surface area contributed by atoms with Gasteiger partial charge < -0.3 is 10.5 Å². The van der Waals surface area contributed by atoms with Gasteiger partial charge in [0, 0.05) is 19.2 Å². The second-order valence-electron chi connectivity index (χ2n) is 6.28. The van der Waals surface area contributed by atoms with Gasteiger partial charge in [-0.25, -0.2) is 0 Å². The lowest BCUT2D eigenvalue weighted by atomic mass is 9.81. The van der Waals surface area contributed by atoms with Crippen LogP contribution in [0.4, 0.5) is 0 Å². The van der Waals surface area contributed by atoms with Gasteiger partial charge in [0.25, 0.3) is 0 Å². The minimum Gasteiger partial charge on any atom is -0.379 e. The topological polar surface area (TPSA) is 38.5 Å². The summed E-state index contributed by atoms with van der Waals surface area (Å²) in [5, 5.41) is 0. The first kappa shape index (κ1) is 14.3. The van der Waals surface area contributed by atoms with Crippen molar-refractivity contribution in [2.24, 2.45) is 11.7 Å². The number of hydrogen-bond acceptors (Lipinski definition) is 3. The Balaban J connectivity index is 1.94. The van der Waals surface area contributed by atoms with Crippen LogP contribution in [0.15, 0.2) is 0 Å². The molecule has 0 aromatic carbocycles. The molecule has 2 aliphatic rings. The van der Waals surface area contributed by atoms with E-state index in [-0.39, 0.29) is 5.54 Å². The van der Waals surface area contributed by atoms with Gasteiger partial charge in [0.15, 0.2) is 0 Å². The van der Waals surface area contributed by atoms with Crippen molar-refractivity contribution in [1.82, 2.24) is 4.90 Å². The van der Waals surface area contributed by atoms with Crippen LogP contribution in [0.3, 0.4) is 0 Å². The molecular weight excluding hydrogens is 224 g/mol. The number of likely N-dealkylation sites (N-methyl/N-ethyl adjacent to an activating group) is 1.